The Morgan fingerprint density at radius 1 is 1.16 bits per heavy atom. The molecule has 0 atom stereocenters. The van der Waals surface area contributed by atoms with E-state index in [0.29, 0.717) is 17.7 Å². The molecule has 0 bridgehead atoms. The van der Waals surface area contributed by atoms with E-state index in [0.717, 1.165) is 11.3 Å². The fourth-order valence-corrected chi connectivity index (χ4v) is 2.61. The topological polar surface area (TPSA) is 72.5 Å². The van der Waals surface area contributed by atoms with E-state index in [-0.39, 0.29) is 18.3 Å². The van der Waals surface area contributed by atoms with Gasteiger partial charge in [-0.05, 0) is 48.2 Å². The molecule has 0 spiro atoms. The molecule has 130 valence electrons. The first-order valence-corrected chi connectivity index (χ1v) is 8.78. The number of rotatable bonds is 8. The standard InChI is InChI=1S/C19H19NO4S/c1-2-4-18(22)20-15-8-6-14(7-9-15)17(21)13-24-19(23)11-10-16-5-3-12-25-16/h3,5-12H,2,4,13H2,1H3,(H,20,22)/b11-10+. The maximum absolute atomic E-state index is 12.0. The minimum absolute atomic E-state index is 0.0620. The Labute approximate surface area is 150 Å². The zero-order valence-corrected chi connectivity index (χ0v) is 14.7. The monoisotopic (exact) mass is 357 g/mol. The van der Waals surface area contributed by atoms with Crippen molar-refractivity contribution in [2.24, 2.45) is 0 Å². The smallest absolute Gasteiger partial charge is 0.331 e. The van der Waals surface area contributed by atoms with Gasteiger partial charge in [0.15, 0.2) is 12.4 Å². The predicted octanol–water partition coefficient (Wildman–Crippen LogP) is 3.93. The molecule has 0 aliphatic heterocycles. The molecule has 1 N–H and O–H groups in total. The Balaban J connectivity index is 1.82. The summed E-state index contributed by atoms with van der Waals surface area (Å²) in [5.74, 6) is -0.928. The number of anilines is 1. The molecule has 0 radical (unpaired) electrons. The number of hydrogen-bond acceptors (Lipinski definition) is 5. The lowest BCUT2D eigenvalue weighted by atomic mass is 10.1. The van der Waals surface area contributed by atoms with Gasteiger partial charge in [0, 0.05) is 28.6 Å². The van der Waals surface area contributed by atoms with Crippen molar-refractivity contribution in [3.05, 3.63) is 58.3 Å². The fraction of sp³-hybridized carbons (Fsp3) is 0.211. The van der Waals surface area contributed by atoms with Crippen LogP contribution in [0.25, 0.3) is 6.08 Å². The van der Waals surface area contributed by atoms with E-state index >= 15 is 0 Å². The van der Waals surface area contributed by atoms with Crippen molar-refractivity contribution >= 4 is 40.8 Å². The Bertz CT molecular complexity index is 748. The molecule has 0 aliphatic rings. The van der Waals surface area contributed by atoms with Crippen molar-refractivity contribution in [1.82, 2.24) is 0 Å². The third-order valence-electron chi connectivity index (χ3n) is 3.24. The lowest BCUT2D eigenvalue weighted by Gasteiger charge is -2.06. The molecule has 0 unspecified atom stereocenters. The molecule has 2 rings (SSSR count). The lowest BCUT2D eigenvalue weighted by Crippen LogP contribution is -2.13. The SMILES string of the molecule is CCCC(=O)Nc1ccc(C(=O)COC(=O)/C=C/c2cccs2)cc1. The highest BCUT2D eigenvalue weighted by Gasteiger charge is 2.09. The molecule has 0 fully saturated rings. The van der Waals surface area contributed by atoms with Gasteiger partial charge in [-0.2, -0.15) is 0 Å². The summed E-state index contributed by atoms with van der Waals surface area (Å²) in [4.78, 5) is 36.1. The van der Waals surface area contributed by atoms with E-state index < -0.39 is 5.97 Å². The van der Waals surface area contributed by atoms with Crippen molar-refractivity contribution in [3.63, 3.8) is 0 Å². The number of nitrogens with one attached hydrogen (secondary N) is 1. The maximum Gasteiger partial charge on any atom is 0.331 e. The first-order valence-electron chi connectivity index (χ1n) is 7.90. The molecule has 1 aromatic carbocycles. The van der Waals surface area contributed by atoms with Gasteiger partial charge < -0.3 is 10.1 Å². The van der Waals surface area contributed by atoms with E-state index in [2.05, 4.69) is 5.32 Å². The zero-order chi connectivity index (χ0) is 18.1. The number of hydrogen-bond donors (Lipinski definition) is 1. The summed E-state index contributed by atoms with van der Waals surface area (Å²) in [6, 6.07) is 10.3. The summed E-state index contributed by atoms with van der Waals surface area (Å²) in [5, 5.41) is 4.65. The molecule has 0 aliphatic carbocycles. The minimum Gasteiger partial charge on any atom is -0.454 e. The summed E-state index contributed by atoms with van der Waals surface area (Å²) in [7, 11) is 0. The van der Waals surface area contributed by atoms with Crippen molar-refractivity contribution < 1.29 is 19.1 Å². The van der Waals surface area contributed by atoms with Crippen LogP contribution in [0.5, 0.6) is 0 Å². The van der Waals surface area contributed by atoms with Crippen LogP contribution in [0.15, 0.2) is 47.9 Å². The number of thiophene rings is 1. The van der Waals surface area contributed by atoms with E-state index in [4.69, 9.17) is 4.74 Å². The van der Waals surface area contributed by atoms with Gasteiger partial charge in [0.25, 0.3) is 0 Å². The summed E-state index contributed by atoms with van der Waals surface area (Å²) < 4.78 is 4.94. The van der Waals surface area contributed by atoms with Gasteiger partial charge in [-0.15, -0.1) is 11.3 Å². The van der Waals surface area contributed by atoms with Crippen molar-refractivity contribution in [2.75, 3.05) is 11.9 Å². The third-order valence-corrected chi connectivity index (χ3v) is 4.08. The van der Waals surface area contributed by atoms with Gasteiger partial charge in [-0.1, -0.05) is 13.0 Å². The number of ether oxygens (including phenoxy) is 1. The molecule has 25 heavy (non-hydrogen) atoms. The number of carbonyl (C=O) groups is 3. The third kappa shape index (κ3) is 6.35. The lowest BCUT2D eigenvalue weighted by molar-refractivity contribution is -0.136. The highest BCUT2D eigenvalue weighted by molar-refractivity contribution is 7.10. The second-order valence-electron chi connectivity index (χ2n) is 5.26. The Kier molecular flexibility index (Phi) is 7.10. The molecule has 0 saturated heterocycles. The highest BCUT2D eigenvalue weighted by atomic mass is 32.1. The van der Waals surface area contributed by atoms with Crippen LogP contribution < -0.4 is 5.32 Å². The highest BCUT2D eigenvalue weighted by Crippen LogP contribution is 2.12. The van der Waals surface area contributed by atoms with Crippen LogP contribution in [-0.2, 0) is 14.3 Å². The van der Waals surface area contributed by atoms with Crippen LogP contribution in [0.2, 0.25) is 0 Å². The van der Waals surface area contributed by atoms with E-state index in [1.165, 1.54) is 17.4 Å². The van der Waals surface area contributed by atoms with Gasteiger partial charge in [0.2, 0.25) is 5.91 Å². The van der Waals surface area contributed by atoms with Crippen LogP contribution in [-0.4, -0.2) is 24.3 Å². The normalized spacial score (nSPS) is 10.6. The average Bonchev–Trinajstić information content (AvgIpc) is 3.12. The molecular formula is C19H19NO4S. The molecule has 1 amide bonds. The number of benzene rings is 1. The van der Waals surface area contributed by atoms with Gasteiger partial charge in [0.1, 0.15) is 0 Å². The van der Waals surface area contributed by atoms with Crippen LogP contribution in [0.3, 0.4) is 0 Å². The maximum atomic E-state index is 12.0. The molecule has 5 nitrogen and oxygen atoms in total. The van der Waals surface area contributed by atoms with E-state index in [1.807, 2.05) is 24.4 Å². The summed E-state index contributed by atoms with van der Waals surface area (Å²) >= 11 is 1.50. The van der Waals surface area contributed by atoms with Crippen LogP contribution in [0.1, 0.15) is 35.0 Å². The first-order chi connectivity index (χ1) is 12.1. The molecule has 0 saturated carbocycles. The molecule has 6 heteroatoms. The van der Waals surface area contributed by atoms with Gasteiger partial charge >= 0.3 is 5.97 Å². The molecule has 1 heterocycles. The number of ketones is 1. The van der Waals surface area contributed by atoms with Crippen molar-refractivity contribution in [1.29, 1.82) is 0 Å². The van der Waals surface area contributed by atoms with Gasteiger partial charge in [0.05, 0.1) is 0 Å². The molecule has 2 aromatic rings. The second-order valence-corrected chi connectivity index (χ2v) is 6.23. The van der Waals surface area contributed by atoms with E-state index in [1.54, 1.807) is 30.3 Å². The quantitative estimate of drug-likeness (QED) is 0.441. The minimum atomic E-state index is -0.565. The largest absolute Gasteiger partial charge is 0.454 e. The average molecular weight is 357 g/mol. The number of esters is 1. The molecular weight excluding hydrogens is 338 g/mol. The van der Waals surface area contributed by atoms with Gasteiger partial charge in [-0.25, -0.2) is 4.79 Å². The van der Waals surface area contributed by atoms with Gasteiger partial charge in [-0.3, -0.25) is 9.59 Å². The molecule has 1 aromatic heterocycles. The van der Waals surface area contributed by atoms with Crippen LogP contribution >= 0.6 is 11.3 Å². The summed E-state index contributed by atoms with van der Waals surface area (Å²) in [5.41, 5.74) is 1.05. The van der Waals surface area contributed by atoms with Crippen molar-refractivity contribution in [2.45, 2.75) is 19.8 Å². The predicted molar refractivity (Wildman–Crippen MR) is 98.6 cm³/mol. The number of amides is 1. The second kappa shape index (κ2) is 9.54. The van der Waals surface area contributed by atoms with E-state index in [9.17, 15) is 14.4 Å². The number of Topliss-reactive ketones (excluding diaryl/α,β-unsaturated/α-hetero) is 1. The summed E-state index contributed by atoms with van der Waals surface area (Å²) in [6.45, 7) is 1.60. The Morgan fingerprint density at radius 3 is 2.56 bits per heavy atom. The fourth-order valence-electron chi connectivity index (χ4n) is 1.99. The van der Waals surface area contributed by atoms with Crippen LogP contribution in [0, 0.1) is 0 Å². The van der Waals surface area contributed by atoms with Crippen LogP contribution in [0.4, 0.5) is 5.69 Å². The Morgan fingerprint density at radius 2 is 1.92 bits per heavy atom. The zero-order valence-electron chi connectivity index (χ0n) is 13.9. The Hall–Kier alpha value is -2.73. The summed E-state index contributed by atoms with van der Waals surface area (Å²) in [6.07, 6.45) is 4.17. The number of carbonyl (C=O) groups excluding carboxylic acids is 3. The van der Waals surface area contributed by atoms with Crippen molar-refractivity contribution in [3.8, 4) is 0 Å². The first kappa shape index (κ1) is 18.6.